The molecule has 0 spiro atoms. The lowest BCUT2D eigenvalue weighted by molar-refractivity contribution is 0.103. The van der Waals surface area contributed by atoms with Gasteiger partial charge in [-0.2, -0.15) is 0 Å². The van der Waals surface area contributed by atoms with E-state index in [2.05, 4.69) is 5.32 Å². The van der Waals surface area contributed by atoms with Gasteiger partial charge in [-0.05, 0) is 24.3 Å². The normalized spacial score (nSPS) is 10.7. The predicted octanol–water partition coefficient (Wildman–Crippen LogP) is 5.47. The summed E-state index contributed by atoms with van der Waals surface area (Å²) < 4.78 is 6.02. The Morgan fingerprint density at radius 1 is 1.18 bits per heavy atom. The van der Waals surface area contributed by atoms with E-state index in [-0.39, 0.29) is 5.91 Å². The largest absolute Gasteiger partial charge is 0.497 e. The number of hydrogen-bond donors (Lipinski definition) is 1. The standard InChI is InChI=1S/C16H11Cl2NO2S/c1-21-11-4-2-3-10(8-11)19-16(20)15-14(18)12-6-5-9(17)7-13(12)22-15/h2-8H,1H3,(H,19,20). The Labute approximate surface area is 141 Å². The van der Waals surface area contributed by atoms with Crippen LogP contribution in [0.15, 0.2) is 42.5 Å². The summed E-state index contributed by atoms with van der Waals surface area (Å²) in [5.41, 5.74) is 0.649. The molecule has 6 heteroatoms. The van der Waals surface area contributed by atoms with E-state index >= 15 is 0 Å². The molecule has 3 nitrogen and oxygen atoms in total. The highest BCUT2D eigenvalue weighted by Crippen LogP contribution is 2.37. The Morgan fingerprint density at radius 3 is 2.77 bits per heavy atom. The molecule has 1 N–H and O–H groups in total. The lowest BCUT2D eigenvalue weighted by atomic mass is 10.2. The van der Waals surface area contributed by atoms with E-state index in [0.29, 0.717) is 26.4 Å². The summed E-state index contributed by atoms with van der Waals surface area (Å²) >= 11 is 13.6. The molecule has 22 heavy (non-hydrogen) atoms. The number of fused-ring (bicyclic) bond motifs is 1. The van der Waals surface area contributed by atoms with Gasteiger partial charge >= 0.3 is 0 Å². The highest BCUT2D eigenvalue weighted by Gasteiger charge is 2.17. The minimum absolute atomic E-state index is 0.254. The Bertz CT molecular complexity index is 860. The average Bonchev–Trinajstić information content (AvgIpc) is 2.84. The van der Waals surface area contributed by atoms with Gasteiger partial charge in [-0.3, -0.25) is 4.79 Å². The second-order valence-electron chi connectivity index (χ2n) is 4.57. The first-order valence-electron chi connectivity index (χ1n) is 6.41. The molecule has 2 aromatic carbocycles. The van der Waals surface area contributed by atoms with E-state index < -0.39 is 0 Å². The maximum Gasteiger partial charge on any atom is 0.267 e. The number of ether oxygens (including phenoxy) is 1. The molecular formula is C16H11Cl2NO2S. The van der Waals surface area contributed by atoms with Gasteiger partial charge in [0.15, 0.2) is 0 Å². The number of halogens is 2. The van der Waals surface area contributed by atoms with E-state index in [1.54, 1.807) is 37.4 Å². The van der Waals surface area contributed by atoms with E-state index in [0.717, 1.165) is 10.1 Å². The first-order valence-corrected chi connectivity index (χ1v) is 7.98. The van der Waals surface area contributed by atoms with Crippen molar-refractivity contribution in [3.63, 3.8) is 0 Å². The predicted molar refractivity (Wildman–Crippen MR) is 92.8 cm³/mol. The number of benzene rings is 2. The number of anilines is 1. The van der Waals surface area contributed by atoms with Crippen molar-refractivity contribution < 1.29 is 9.53 Å². The molecule has 112 valence electrons. The number of nitrogens with one attached hydrogen (secondary N) is 1. The van der Waals surface area contributed by atoms with Gasteiger partial charge in [0, 0.05) is 26.9 Å². The molecule has 0 unspecified atom stereocenters. The van der Waals surface area contributed by atoms with Gasteiger partial charge in [-0.15, -0.1) is 11.3 Å². The lowest BCUT2D eigenvalue weighted by Gasteiger charge is -2.06. The van der Waals surface area contributed by atoms with Gasteiger partial charge in [0.1, 0.15) is 10.6 Å². The smallest absolute Gasteiger partial charge is 0.267 e. The average molecular weight is 352 g/mol. The molecule has 3 aromatic rings. The van der Waals surface area contributed by atoms with Crippen molar-refractivity contribution in [3.8, 4) is 5.75 Å². The number of methoxy groups -OCH3 is 1. The van der Waals surface area contributed by atoms with E-state index in [4.69, 9.17) is 27.9 Å². The maximum atomic E-state index is 12.4. The van der Waals surface area contributed by atoms with Gasteiger partial charge in [-0.1, -0.05) is 35.3 Å². The molecule has 0 aliphatic carbocycles. The first-order chi connectivity index (χ1) is 10.6. The van der Waals surface area contributed by atoms with Gasteiger partial charge < -0.3 is 10.1 Å². The van der Waals surface area contributed by atoms with Crippen LogP contribution in [-0.4, -0.2) is 13.0 Å². The zero-order valence-electron chi connectivity index (χ0n) is 11.5. The minimum Gasteiger partial charge on any atom is -0.497 e. The lowest BCUT2D eigenvalue weighted by Crippen LogP contribution is -2.10. The number of carbonyl (C=O) groups is 1. The summed E-state index contributed by atoms with van der Waals surface area (Å²) in [7, 11) is 1.58. The van der Waals surface area contributed by atoms with Crippen molar-refractivity contribution in [2.24, 2.45) is 0 Å². The molecule has 0 saturated carbocycles. The monoisotopic (exact) mass is 351 g/mol. The van der Waals surface area contributed by atoms with Crippen LogP contribution < -0.4 is 10.1 Å². The van der Waals surface area contributed by atoms with Crippen LogP contribution in [0.4, 0.5) is 5.69 Å². The summed E-state index contributed by atoms with van der Waals surface area (Å²) in [6, 6.07) is 12.5. The Hall–Kier alpha value is -1.75. The molecule has 0 bridgehead atoms. The van der Waals surface area contributed by atoms with Crippen molar-refractivity contribution in [3.05, 3.63) is 57.4 Å². The SMILES string of the molecule is COc1cccc(NC(=O)c2sc3cc(Cl)ccc3c2Cl)c1. The zero-order chi connectivity index (χ0) is 15.7. The van der Waals surface area contributed by atoms with E-state index in [1.165, 1.54) is 11.3 Å². The Morgan fingerprint density at radius 2 is 2.00 bits per heavy atom. The summed E-state index contributed by atoms with van der Waals surface area (Å²) in [6.07, 6.45) is 0. The van der Waals surface area contributed by atoms with Crippen LogP contribution in [0.5, 0.6) is 5.75 Å². The fourth-order valence-electron chi connectivity index (χ4n) is 2.07. The number of amides is 1. The molecule has 0 radical (unpaired) electrons. The van der Waals surface area contributed by atoms with Crippen LogP contribution in [0.3, 0.4) is 0 Å². The molecule has 1 aromatic heterocycles. The van der Waals surface area contributed by atoms with E-state index in [9.17, 15) is 4.79 Å². The molecule has 3 rings (SSSR count). The summed E-state index contributed by atoms with van der Waals surface area (Å²) in [6.45, 7) is 0. The number of rotatable bonds is 3. The molecule has 1 amide bonds. The third kappa shape index (κ3) is 2.90. The van der Waals surface area contributed by atoms with Gasteiger partial charge in [-0.25, -0.2) is 0 Å². The highest BCUT2D eigenvalue weighted by molar-refractivity contribution is 7.21. The van der Waals surface area contributed by atoms with Crippen LogP contribution in [0, 0.1) is 0 Å². The van der Waals surface area contributed by atoms with Gasteiger partial charge in [0.05, 0.1) is 12.1 Å². The maximum absolute atomic E-state index is 12.4. The number of thiophene rings is 1. The topological polar surface area (TPSA) is 38.3 Å². The highest BCUT2D eigenvalue weighted by atomic mass is 35.5. The second kappa shape index (κ2) is 6.16. The van der Waals surface area contributed by atoms with E-state index in [1.807, 2.05) is 12.1 Å². The van der Waals surface area contributed by atoms with Crippen molar-refractivity contribution in [1.82, 2.24) is 0 Å². The second-order valence-corrected chi connectivity index (χ2v) is 6.44. The summed E-state index contributed by atoms with van der Waals surface area (Å²) in [5, 5.41) is 4.71. The van der Waals surface area contributed by atoms with Gasteiger partial charge in [0.25, 0.3) is 5.91 Å². The molecule has 1 heterocycles. The van der Waals surface area contributed by atoms with Crippen molar-refractivity contribution in [1.29, 1.82) is 0 Å². The summed E-state index contributed by atoms with van der Waals surface area (Å²) in [4.78, 5) is 12.9. The molecule has 0 fully saturated rings. The van der Waals surface area contributed by atoms with Crippen molar-refractivity contribution in [2.75, 3.05) is 12.4 Å². The molecule has 0 aliphatic heterocycles. The number of hydrogen-bond acceptors (Lipinski definition) is 3. The fraction of sp³-hybridized carbons (Fsp3) is 0.0625. The van der Waals surface area contributed by atoms with Crippen molar-refractivity contribution in [2.45, 2.75) is 0 Å². The molecule has 0 saturated heterocycles. The number of carbonyl (C=O) groups excluding carboxylic acids is 1. The van der Waals surface area contributed by atoms with Crippen LogP contribution in [0.1, 0.15) is 9.67 Å². The van der Waals surface area contributed by atoms with Crippen LogP contribution in [-0.2, 0) is 0 Å². The Balaban J connectivity index is 1.93. The third-order valence-corrected chi connectivity index (χ3v) is 5.02. The molecule has 0 aliphatic rings. The first kappa shape index (κ1) is 15.2. The van der Waals surface area contributed by atoms with Crippen LogP contribution in [0.2, 0.25) is 10.0 Å². The van der Waals surface area contributed by atoms with Crippen LogP contribution >= 0.6 is 34.5 Å². The fourth-order valence-corrected chi connectivity index (χ4v) is 3.76. The van der Waals surface area contributed by atoms with Crippen molar-refractivity contribution >= 4 is 56.2 Å². The third-order valence-electron chi connectivity index (χ3n) is 3.13. The summed E-state index contributed by atoms with van der Waals surface area (Å²) in [5.74, 6) is 0.419. The quantitative estimate of drug-likeness (QED) is 0.679. The van der Waals surface area contributed by atoms with Crippen LogP contribution in [0.25, 0.3) is 10.1 Å². The minimum atomic E-state index is -0.254. The Kier molecular flexibility index (Phi) is 4.25. The molecular weight excluding hydrogens is 341 g/mol. The zero-order valence-corrected chi connectivity index (χ0v) is 13.9. The molecule has 0 atom stereocenters. The van der Waals surface area contributed by atoms with Gasteiger partial charge in [0.2, 0.25) is 0 Å².